The van der Waals surface area contributed by atoms with E-state index < -0.39 is 5.97 Å². The summed E-state index contributed by atoms with van der Waals surface area (Å²) in [6.45, 7) is 0.881. The van der Waals surface area contributed by atoms with E-state index in [1.165, 1.54) is 14.2 Å². The molecule has 1 aromatic rings. The van der Waals surface area contributed by atoms with Gasteiger partial charge in [-0.3, -0.25) is 9.59 Å². The number of carbonyl (C=O) groups is 2. The fourth-order valence-electron chi connectivity index (χ4n) is 2.56. The van der Waals surface area contributed by atoms with Crippen LogP contribution in [-0.2, 0) is 4.79 Å². The number of amides is 1. The Hall–Kier alpha value is -2.24. The van der Waals surface area contributed by atoms with Gasteiger partial charge >= 0.3 is 5.97 Å². The van der Waals surface area contributed by atoms with Gasteiger partial charge in [-0.2, -0.15) is 0 Å². The molecule has 0 radical (unpaired) electrons. The summed E-state index contributed by atoms with van der Waals surface area (Å²) in [5.74, 6) is -0.397. The highest BCUT2D eigenvalue weighted by Crippen LogP contribution is 2.32. The summed E-state index contributed by atoms with van der Waals surface area (Å²) in [6.07, 6.45) is 0.959. The van der Waals surface area contributed by atoms with Gasteiger partial charge in [0.2, 0.25) is 0 Å². The van der Waals surface area contributed by atoms with Crippen LogP contribution in [0.15, 0.2) is 18.2 Å². The molecule has 0 spiro atoms. The maximum atomic E-state index is 12.6. The number of ether oxygens (including phenoxy) is 2. The largest absolute Gasteiger partial charge is 0.493 e. The SMILES string of the molecule is COc1cccc(C(=O)N2CCC(C(=O)O)CC2)c1OC. The Morgan fingerprint density at radius 3 is 2.38 bits per heavy atom. The van der Waals surface area contributed by atoms with Crippen LogP contribution in [0.25, 0.3) is 0 Å². The number of carbonyl (C=O) groups excluding carboxylic acids is 1. The second kappa shape index (κ2) is 6.47. The number of benzene rings is 1. The molecule has 0 bridgehead atoms. The van der Waals surface area contributed by atoms with Gasteiger partial charge in [0.1, 0.15) is 0 Å². The average molecular weight is 293 g/mol. The van der Waals surface area contributed by atoms with Crippen molar-refractivity contribution in [3.05, 3.63) is 23.8 Å². The van der Waals surface area contributed by atoms with Gasteiger partial charge in [0.25, 0.3) is 5.91 Å². The summed E-state index contributed by atoms with van der Waals surface area (Å²) < 4.78 is 10.5. The molecule has 6 nitrogen and oxygen atoms in total. The Morgan fingerprint density at radius 1 is 1.19 bits per heavy atom. The second-order valence-electron chi connectivity index (χ2n) is 4.95. The Kier molecular flexibility index (Phi) is 4.67. The highest BCUT2D eigenvalue weighted by atomic mass is 16.5. The number of methoxy groups -OCH3 is 2. The van der Waals surface area contributed by atoms with Crippen LogP contribution in [0, 0.1) is 5.92 Å². The Labute approximate surface area is 123 Å². The van der Waals surface area contributed by atoms with E-state index in [4.69, 9.17) is 14.6 Å². The fraction of sp³-hybridized carbons (Fsp3) is 0.467. The molecule has 1 N–H and O–H groups in total. The molecule has 0 aromatic heterocycles. The third-order valence-corrected chi connectivity index (χ3v) is 3.76. The van der Waals surface area contributed by atoms with Crippen LogP contribution in [0.3, 0.4) is 0 Å². The van der Waals surface area contributed by atoms with E-state index in [-0.39, 0.29) is 11.8 Å². The van der Waals surface area contributed by atoms with E-state index >= 15 is 0 Å². The zero-order valence-corrected chi connectivity index (χ0v) is 12.2. The van der Waals surface area contributed by atoms with Crippen molar-refractivity contribution in [2.24, 2.45) is 5.92 Å². The summed E-state index contributed by atoms with van der Waals surface area (Å²) in [7, 11) is 3.01. The molecule has 1 saturated heterocycles. The van der Waals surface area contributed by atoms with Crippen molar-refractivity contribution < 1.29 is 24.2 Å². The number of hydrogen-bond acceptors (Lipinski definition) is 4. The van der Waals surface area contributed by atoms with E-state index in [2.05, 4.69) is 0 Å². The van der Waals surface area contributed by atoms with Gasteiger partial charge in [-0.25, -0.2) is 0 Å². The van der Waals surface area contributed by atoms with Crippen molar-refractivity contribution in [1.82, 2.24) is 4.90 Å². The van der Waals surface area contributed by atoms with Crippen LogP contribution < -0.4 is 9.47 Å². The number of para-hydroxylation sites is 1. The van der Waals surface area contributed by atoms with E-state index in [1.807, 2.05) is 0 Å². The third-order valence-electron chi connectivity index (χ3n) is 3.76. The van der Waals surface area contributed by atoms with Crippen LogP contribution >= 0.6 is 0 Å². The maximum absolute atomic E-state index is 12.6. The van der Waals surface area contributed by atoms with Crippen LogP contribution in [0.4, 0.5) is 0 Å². The number of carboxylic acid groups (broad SMARTS) is 1. The van der Waals surface area contributed by atoms with Gasteiger partial charge < -0.3 is 19.5 Å². The van der Waals surface area contributed by atoms with Crippen LogP contribution in [0.1, 0.15) is 23.2 Å². The lowest BCUT2D eigenvalue weighted by Crippen LogP contribution is -2.40. The third kappa shape index (κ3) is 3.09. The molecule has 1 aliphatic rings. The molecule has 1 aromatic carbocycles. The Bertz CT molecular complexity index is 535. The summed E-state index contributed by atoms with van der Waals surface area (Å²) in [6, 6.07) is 5.15. The molecule has 21 heavy (non-hydrogen) atoms. The van der Waals surface area contributed by atoms with Crippen molar-refractivity contribution in [1.29, 1.82) is 0 Å². The lowest BCUT2D eigenvalue weighted by Gasteiger charge is -2.30. The van der Waals surface area contributed by atoms with Crippen LogP contribution in [0.5, 0.6) is 11.5 Å². The average Bonchev–Trinajstić information content (AvgIpc) is 2.53. The first-order chi connectivity index (χ1) is 10.1. The molecule has 2 rings (SSSR count). The van der Waals surface area contributed by atoms with Crippen molar-refractivity contribution in [2.75, 3.05) is 27.3 Å². The molecular weight excluding hydrogens is 274 g/mol. The van der Waals surface area contributed by atoms with Crippen LogP contribution in [0.2, 0.25) is 0 Å². The number of aliphatic carboxylic acids is 1. The maximum Gasteiger partial charge on any atom is 0.306 e. The van der Waals surface area contributed by atoms with E-state index in [9.17, 15) is 9.59 Å². The van der Waals surface area contributed by atoms with Crippen molar-refractivity contribution >= 4 is 11.9 Å². The Balaban J connectivity index is 2.16. The highest BCUT2D eigenvalue weighted by molar-refractivity contribution is 5.98. The molecule has 0 atom stereocenters. The Morgan fingerprint density at radius 2 is 1.86 bits per heavy atom. The standard InChI is InChI=1S/C15H19NO5/c1-20-12-5-3-4-11(13(12)21-2)14(17)16-8-6-10(7-9-16)15(18)19/h3-5,10H,6-9H2,1-2H3,(H,18,19). The smallest absolute Gasteiger partial charge is 0.306 e. The van der Waals surface area contributed by atoms with Gasteiger partial charge in [-0.05, 0) is 25.0 Å². The van der Waals surface area contributed by atoms with Crippen molar-refractivity contribution in [2.45, 2.75) is 12.8 Å². The van der Waals surface area contributed by atoms with E-state index in [0.717, 1.165) is 0 Å². The molecular formula is C15H19NO5. The monoisotopic (exact) mass is 293 g/mol. The van der Waals surface area contributed by atoms with Gasteiger partial charge in [-0.15, -0.1) is 0 Å². The molecule has 1 amide bonds. The summed E-state index contributed by atoms with van der Waals surface area (Å²) in [5.41, 5.74) is 0.436. The number of nitrogens with zero attached hydrogens (tertiary/aromatic N) is 1. The predicted octanol–water partition coefficient (Wildman–Crippen LogP) is 1.64. The first kappa shape index (κ1) is 15.2. The minimum absolute atomic E-state index is 0.158. The topological polar surface area (TPSA) is 76.1 Å². The van der Waals surface area contributed by atoms with Gasteiger partial charge in [-0.1, -0.05) is 6.07 Å². The lowest BCUT2D eigenvalue weighted by atomic mass is 9.96. The number of likely N-dealkylation sites (tertiary alicyclic amines) is 1. The number of hydrogen-bond donors (Lipinski definition) is 1. The number of carboxylic acids is 1. The molecule has 0 aliphatic carbocycles. The lowest BCUT2D eigenvalue weighted by molar-refractivity contribution is -0.143. The normalized spacial score (nSPS) is 15.6. The highest BCUT2D eigenvalue weighted by Gasteiger charge is 2.29. The fourth-order valence-corrected chi connectivity index (χ4v) is 2.56. The zero-order chi connectivity index (χ0) is 15.4. The minimum atomic E-state index is -0.791. The molecule has 0 saturated carbocycles. The van der Waals surface area contributed by atoms with E-state index in [0.29, 0.717) is 43.0 Å². The molecule has 1 aliphatic heterocycles. The molecule has 0 unspecified atom stereocenters. The van der Waals surface area contributed by atoms with Crippen molar-refractivity contribution in [3.8, 4) is 11.5 Å². The number of piperidine rings is 1. The molecule has 6 heteroatoms. The molecule has 1 fully saturated rings. The van der Waals surface area contributed by atoms with E-state index in [1.54, 1.807) is 23.1 Å². The summed E-state index contributed by atoms with van der Waals surface area (Å²) >= 11 is 0. The summed E-state index contributed by atoms with van der Waals surface area (Å²) in [5, 5.41) is 8.99. The van der Waals surface area contributed by atoms with Crippen LogP contribution in [-0.4, -0.2) is 49.2 Å². The predicted molar refractivity (Wildman–Crippen MR) is 75.8 cm³/mol. The van der Waals surface area contributed by atoms with Gasteiger partial charge in [0.05, 0.1) is 25.7 Å². The number of rotatable bonds is 4. The minimum Gasteiger partial charge on any atom is -0.493 e. The first-order valence-electron chi connectivity index (χ1n) is 6.81. The molecule has 1 heterocycles. The quantitative estimate of drug-likeness (QED) is 0.913. The second-order valence-corrected chi connectivity index (χ2v) is 4.95. The zero-order valence-electron chi connectivity index (χ0n) is 12.2. The van der Waals surface area contributed by atoms with Crippen molar-refractivity contribution in [3.63, 3.8) is 0 Å². The van der Waals surface area contributed by atoms with Gasteiger partial charge in [0.15, 0.2) is 11.5 Å². The van der Waals surface area contributed by atoms with Gasteiger partial charge in [0, 0.05) is 13.1 Å². The summed E-state index contributed by atoms with van der Waals surface area (Å²) in [4.78, 5) is 25.2. The molecule has 114 valence electrons. The first-order valence-corrected chi connectivity index (χ1v) is 6.81.